The molecule has 1 aromatic carbocycles. The number of nitrogens with one attached hydrogen (secondary N) is 1. The van der Waals surface area contributed by atoms with Crippen LogP contribution in [0.2, 0.25) is 0 Å². The smallest absolute Gasteiger partial charge is 0.325 e. The predicted molar refractivity (Wildman–Crippen MR) is 50.4 cm³/mol. The predicted octanol–water partition coefficient (Wildman–Crippen LogP) is 1.46. The highest BCUT2D eigenvalue weighted by Crippen LogP contribution is 2.03. The molecule has 0 unspecified atom stereocenters. The number of benzene rings is 1. The van der Waals surface area contributed by atoms with E-state index < -0.39 is 0 Å². The van der Waals surface area contributed by atoms with E-state index in [1.165, 1.54) is 0 Å². The van der Waals surface area contributed by atoms with Crippen LogP contribution in [0.3, 0.4) is 0 Å². The van der Waals surface area contributed by atoms with Gasteiger partial charge in [-0.05, 0) is 25.1 Å². The summed E-state index contributed by atoms with van der Waals surface area (Å²) >= 11 is 0. The summed E-state index contributed by atoms with van der Waals surface area (Å²) in [5.41, 5.74) is 0.895. The molecule has 1 rings (SSSR count). The maximum atomic E-state index is 10.9. The molecular weight excluding hydrogens is 166 g/mol. The lowest BCUT2D eigenvalue weighted by molar-refractivity contribution is -0.140. The third kappa shape index (κ3) is 3.60. The van der Waals surface area contributed by atoms with E-state index in [0.717, 1.165) is 5.69 Å². The molecule has 0 spiro atoms. The molecule has 1 radical (unpaired) electrons. The Morgan fingerprint density at radius 2 is 2.23 bits per heavy atom. The first-order valence-corrected chi connectivity index (χ1v) is 4.18. The van der Waals surface area contributed by atoms with Crippen molar-refractivity contribution in [3.63, 3.8) is 0 Å². The van der Waals surface area contributed by atoms with Crippen molar-refractivity contribution in [2.45, 2.75) is 6.92 Å². The zero-order valence-electron chi connectivity index (χ0n) is 7.54. The van der Waals surface area contributed by atoms with Crippen LogP contribution in [0.4, 0.5) is 5.69 Å². The van der Waals surface area contributed by atoms with Gasteiger partial charge in [0, 0.05) is 5.69 Å². The molecule has 1 N–H and O–H groups in total. The van der Waals surface area contributed by atoms with E-state index in [1.54, 1.807) is 19.1 Å². The lowest BCUT2D eigenvalue weighted by Crippen LogP contribution is -2.16. The number of carbonyl (C=O) groups excluding carboxylic acids is 1. The van der Waals surface area contributed by atoms with Crippen LogP contribution >= 0.6 is 0 Å². The van der Waals surface area contributed by atoms with Crippen molar-refractivity contribution in [2.24, 2.45) is 0 Å². The maximum absolute atomic E-state index is 10.9. The zero-order chi connectivity index (χ0) is 9.52. The summed E-state index contributed by atoms with van der Waals surface area (Å²) in [5, 5.41) is 2.93. The molecular formula is C10H12NO2. The Bertz CT molecular complexity index is 259. The fourth-order valence-electron chi connectivity index (χ4n) is 0.891. The summed E-state index contributed by atoms with van der Waals surface area (Å²) in [6.45, 7) is 2.41. The number of anilines is 1. The highest BCUT2D eigenvalue weighted by atomic mass is 16.5. The Morgan fingerprint density at radius 3 is 2.85 bits per heavy atom. The van der Waals surface area contributed by atoms with Gasteiger partial charge in [-0.3, -0.25) is 4.79 Å². The SMILES string of the molecule is CCOC(=O)CNc1cc[c]cc1. The van der Waals surface area contributed by atoms with E-state index in [1.807, 2.05) is 12.1 Å². The summed E-state index contributed by atoms with van der Waals surface area (Å²) in [4.78, 5) is 10.9. The molecule has 0 aromatic heterocycles. The molecule has 3 heteroatoms. The molecule has 0 aliphatic carbocycles. The first kappa shape index (κ1) is 9.58. The van der Waals surface area contributed by atoms with Gasteiger partial charge < -0.3 is 10.1 Å². The van der Waals surface area contributed by atoms with Gasteiger partial charge in [-0.15, -0.1) is 0 Å². The second kappa shape index (κ2) is 5.19. The van der Waals surface area contributed by atoms with Gasteiger partial charge in [-0.1, -0.05) is 12.1 Å². The lowest BCUT2D eigenvalue weighted by Gasteiger charge is -2.04. The van der Waals surface area contributed by atoms with E-state index in [9.17, 15) is 4.79 Å². The summed E-state index contributed by atoms with van der Waals surface area (Å²) in [7, 11) is 0. The van der Waals surface area contributed by atoms with E-state index in [0.29, 0.717) is 6.61 Å². The largest absolute Gasteiger partial charge is 0.465 e. The van der Waals surface area contributed by atoms with Crippen LogP contribution < -0.4 is 5.32 Å². The van der Waals surface area contributed by atoms with Gasteiger partial charge >= 0.3 is 5.97 Å². The van der Waals surface area contributed by atoms with Crippen LogP contribution in [0.25, 0.3) is 0 Å². The monoisotopic (exact) mass is 178 g/mol. The molecule has 13 heavy (non-hydrogen) atoms. The Hall–Kier alpha value is -1.51. The van der Waals surface area contributed by atoms with E-state index in [4.69, 9.17) is 4.74 Å². The minimum Gasteiger partial charge on any atom is -0.465 e. The van der Waals surface area contributed by atoms with Crippen molar-refractivity contribution >= 4 is 11.7 Å². The van der Waals surface area contributed by atoms with Gasteiger partial charge in [0.2, 0.25) is 0 Å². The minimum absolute atomic E-state index is 0.206. The molecule has 0 aliphatic rings. The molecule has 0 atom stereocenters. The average molecular weight is 178 g/mol. The average Bonchev–Trinajstić information content (AvgIpc) is 2.17. The molecule has 0 saturated carbocycles. The van der Waals surface area contributed by atoms with Crippen molar-refractivity contribution in [3.8, 4) is 0 Å². The Balaban J connectivity index is 2.31. The van der Waals surface area contributed by atoms with Gasteiger partial charge in [0.15, 0.2) is 0 Å². The second-order valence-corrected chi connectivity index (χ2v) is 2.45. The normalized spacial score (nSPS) is 9.31. The molecule has 0 bridgehead atoms. The van der Waals surface area contributed by atoms with Crippen LogP contribution in [0.5, 0.6) is 0 Å². The van der Waals surface area contributed by atoms with Gasteiger partial charge in [0.05, 0.1) is 6.61 Å². The second-order valence-electron chi connectivity index (χ2n) is 2.45. The molecule has 69 valence electrons. The van der Waals surface area contributed by atoms with Crippen molar-refractivity contribution in [1.29, 1.82) is 0 Å². The molecule has 3 nitrogen and oxygen atoms in total. The Labute approximate surface area is 77.7 Å². The molecule has 0 aliphatic heterocycles. The third-order valence-electron chi connectivity index (χ3n) is 1.46. The number of hydrogen-bond acceptors (Lipinski definition) is 3. The number of hydrogen-bond donors (Lipinski definition) is 1. The molecule has 0 fully saturated rings. The molecule has 1 aromatic rings. The molecule has 0 amide bonds. The third-order valence-corrected chi connectivity index (χ3v) is 1.46. The molecule has 0 heterocycles. The van der Waals surface area contributed by atoms with Gasteiger partial charge in [0.25, 0.3) is 0 Å². The number of rotatable bonds is 4. The zero-order valence-corrected chi connectivity index (χ0v) is 7.54. The van der Waals surface area contributed by atoms with Crippen molar-refractivity contribution < 1.29 is 9.53 Å². The minimum atomic E-state index is -0.240. The standard InChI is InChI=1S/C10H12NO2/c1-2-13-10(12)8-11-9-6-4-3-5-7-9/h4-7,11H,2,8H2,1H3. The van der Waals surface area contributed by atoms with Crippen LogP contribution in [0.1, 0.15) is 6.92 Å². The van der Waals surface area contributed by atoms with E-state index in [-0.39, 0.29) is 12.5 Å². The first-order chi connectivity index (χ1) is 6.33. The summed E-state index contributed by atoms with van der Waals surface area (Å²) in [5.74, 6) is -0.240. The van der Waals surface area contributed by atoms with E-state index >= 15 is 0 Å². The fraction of sp³-hybridized carbons (Fsp3) is 0.300. The van der Waals surface area contributed by atoms with Crippen molar-refractivity contribution in [2.75, 3.05) is 18.5 Å². The van der Waals surface area contributed by atoms with Gasteiger partial charge in [-0.2, -0.15) is 0 Å². The number of carbonyl (C=O) groups is 1. The van der Waals surface area contributed by atoms with Gasteiger partial charge in [-0.25, -0.2) is 0 Å². The van der Waals surface area contributed by atoms with Crippen molar-refractivity contribution in [1.82, 2.24) is 0 Å². The lowest BCUT2D eigenvalue weighted by atomic mass is 10.3. The fourth-order valence-corrected chi connectivity index (χ4v) is 0.891. The highest BCUT2D eigenvalue weighted by molar-refractivity contribution is 5.74. The first-order valence-electron chi connectivity index (χ1n) is 4.18. The topological polar surface area (TPSA) is 38.3 Å². The summed E-state index contributed by atoms with van der Waals surface area (Å²) in [6.07, 6.45) is 0. The van der Waals surface area contributed by atoms with E-state index in [2.05, 4.69) is 11.4 Å². The molecule has 0 saturated heterocycles. The Morgan fingerprint density at radius 1 is 1.54 bits per heavy atom. The van der Waals surface area contributed by atoms with Crippen LogP contribution in [-0.4, -0.2) is 19.1 Å². The van der Waals surface area contributed by atoms with Crippen LogP contribution in [0.15, 0.2) is 24.3 Å². The summed E-state index contributed by atoms with van der Waals surface area (Å²) in [6, 6.07) is 10.2. The highest BCUT2D eigenvalue weighted by Gasteiger charge is 1.99. The van der Waals surface area contributed by atoms with Gasteiger partial charge in [0.1, 0.15) is 6.54 Å². The maximum Gasteiger partial charge on any atom is 0.325 e. The summed E-state index contributed by atoms with van der Waals surface area (Å²) < 4.78 is 4.75. The van der Waals surface area contributed by atoms with Crippen molar-refractivity contribution in [3.05, 3.63) is 30.3 Å². The quantitative estimate of drug-likeness (QED) is 0.709. The number of ether oxygens (including phenoxy) is 1. The number of esters is 1. The Kier molecular flexibility index (Phi) is 3.82. The van der Waals surface area contributed by atoms with Crippen LogP contribution in [0, 0.1) is 6.07 Å². The van der Waals surface area contributed by atoms with Crippen LogP contribution in [-0.2, 0) is 9.53 Å².